The fraction of sp³-hybridized carbons (Fsp3) is 0.0851. The van der Waals surface area contributed by atoms with Crippen LogP contribution in [0.2, 0.25) is 0 Å². The number of anilines is 2. The third-order valence-electron chi connectivity index (χ3n) is 20.2. The van der Waals surface area contributed by atoms with Gasteiger partial charge in [0.25, 0.3) is 35.4 Å². The van der Waals surface area contributed by atoms with E-state index in [2.05, 4.69) is 42.4 Å². The van der Waals surface area contributed by atoms with Gasteiger partial charge in [-0.1, -0.05) is 112 Å². The monoisotopic (exact) mass is 1490 g/mol. The third kappa shape index (κ3) is 14.6. The number of aryl methyl sites for hydroxylation is 1. The zero-order chi connectivity index (χ0) is 78.4. The number of hydrogen-bond donors (Lipinski definition) is 0. The molecule has 113 heavy (non-hydrogen) atoms. The lowest BCUT2D eigenvalue weighted by molar-refractivity contribution is 0.0441. The molecule has 6 amide bonds. The van der Waals surface area contributed by atoms with Crippen molar-refractivity contribution in [3.8, 4) is 57.5 Å². The molecule has 0 aromatic heterocycles. The van der Waals surface area contributed by atoms with Crippen molar-refractivity contribution in [2.45, 2.75) is 45.4 Å². The smallest absolute Gasteiger partial charge is 0.347 e. The van der Waals surface area contributed by atoms with E-state index in [0.717, 1.165) is 49.2 Å². The number of cyclic esters (lactones) is 2. The Morgan fingerprint density at radius 1 is 0.283 bits per heavy atom. The minimum Gasteiger partial charge on any atom is -0.457 e. The van der Waals surface area contributed by atoms with Crippen LogP contribution in [0.1, 0.15) is 138 Å². The van der Waals surface area contributed by atoms with Crippen LogP contribution in [0.4, 0.5) is 22.7 Å². The molecule has 552 valence electrons. The summed E-state index contributed by atoms with van der Waals surface area (Å²) in [6.07, 6.45) is 7.61. The largest absolute Gasteiger partial charge is 0.457 e. The van der Waals surface area contributed by atoms with Crippen LogP contribution >= 0.6 is 0 Å². The Balaban J connectivity index is 0.000000172. The van der Waals surface area contributed by atoms with Gasteiger partial charge in [0, 0.05) is 17.9 Å². The van der Waals surface area contributed by atoms with Crippen LogP contribution in [-0.4, -0.2) is 70.8 Å². The van der Waals surface area contributed by atoms with Crippen molar-refractivity contribution in [3.63, 3.8) is 0 Å². The maximum absolute atomic E-state index is 13.6. The van der Waals surface area contributed by atoms with Crippen LogP contribution < -0.4 is 33.5 Å². The fourth-order valence-corrected chi connectivity index (χ4v) is 13.7. The number of fused-ring (bicyclic) bond motifs is 4. The molecule has 19 nitrogen and oxygen atoms in total. The van der Waals surface area contributed by atoms with E-state index in [-0.39, 0.29) is 44.9 Å². The predicted octanol–water partition coefficient (Wildman–Crippen LogP) is 20.4. The minimum atomic E-state index is -0.684. The summed E-state index contributed by atoms with van der Waals surface area (Å²) in [7, 11) is 1.46. The number of aliphatic imine (C=N–C) groups is 2. The van der Waals surface area contributed by atoms with Crippen molar-refractivity contribution in [1.29, 1.82) is 0 Å². The molecule has 0 saturated carbocycles. The molecule has 0 fully saturated rings. The number of rotatable bonds is 18. The van der Waals surface area contributed by atoms with Crippen LogP contribution in [0.5, 0.6) is 57.5 Å². The zero-order valence-corrected chi connectivity index (χ0v) is 61.7. The van der Waals surface area contributed by atoms with Gasteiger partial charge in [-0.15, -0.1) is 0 Å². The van der Waals surface area contributed by atoms with Gasteiger partial charge < -0.3 is 28.4 Å². The van der Waals surface area contributed by atoms with E-state index in [1.54, 1.807) is 109 Å². The molecule has 12 aromatic rings. The van der Waals surface area contributed by atoms with Gasteiger partial charge in [-0.3, -0.25) is 33.7 Å². The van der Waals surface area contributed by atoms with E-state index in [0.29, 0.717) is 96.8 Å². The van der Waals surface area contributed by atoms with Gasteiger partial charge in [0.05, 0.1) is 78.7 Å². The normalized spacial score (nSPS) is 14.0. The highest BCUT2D eigenvalue weighted by Crippen LogP contribution is 2.41. The first-order chi connectivity index (χ1) is 54.5. The molecular formula is C94H67N5O14. The highest BCUT2D eigenvalue weighted by molar-refractivity contribution is 6.35. The first kappa shape index (κ1) is 72.2. The number of amides is 6. The molecule has 0 N–H and O–H groups in total. The molecule has 17 rings (SSSR count). The predicted molar refractivity (Wildman–Crippen MR) is 428 cm³/mol. The molecule has 0 radical (unpaired) electrons. The topological polar surface area (TPSA) is 226 Å². The second kappa shape index (κ2) is 29.5. The summed E-state index contributed by atoms with van der Waals surface area (Å²) < 4.78 is 34.8. The Morgan fingerprint density at radius 2 is 0.558 bits per heavy atom. The van der Waals surface area contributed by atoms with Crippen molar-refractivity contribution in [1.82, 2.24) is 4.90 Å². The van der Waals surface area contributed by atoms with E-state index in [9.17, 15) is 38.4 Å². The molecule has 4 heterocycles. The lowest BCUT2D eigenvalue weighted by atomic mass is 9.78. The van der Waals surface area contributed by atoms with Crippen molar-refractivity contribution < 1.29 is 66.8 Å². The molecule has 5 aliphatic rings. The van der Waals surface area contributed by atoms with Gasteiger partial charge in [0.2, 0.25) is 0 Å². The van der Waals surface area contributed by atoms with Crippen LogP contribution in [0.25, 0.3) is 0 Å². The molecule has 4 aliphatic heterocycles. The second-order valence-electron chi connectivity index (χ2n) is 28.3. The molecule has 0 saturated heterocycles. The first-order valence-electron chi connectivity index (χ1n) is 36.1. The van der Waals surface area contributed by atoms with Gasteiger partial charge in [-0.2, -0.15) is 0 Å². The zero-order valence-electron chi connectivity index (χ0n) is 61.7. The van der Waals surface area contributed by atoms with E-state index in [1.807, 2.05) is 183 Å². The quantitative estimate of drug-likeness (QED) is 0.0337. The summed E-state index contributed by atoms with van der Waals surface area (Å²) in [5, 5.41) is 0. The van der Waals surface area contributed by atoms with Gasteiger partial charge in [0.1, 0.15) is 57.5 Å². The van der Waals surface area contributed by atoms with E-state index in [4.69, 9.17) is 23.7 Å². The maximum atomic E-state index is 13.6. The van der Waals surface area contributed by atoms with Crippen LogP contribution in [0.15, 0.2) is 307 Å². The Bertz CT molecular complexity index is 6010. The molecule has 12 aromatic carbocycles. The van der Waals surface area contributed by atoms with Crippen molar-refractivity contribution in [2.75, 3.05) is 16.8 Å². The van der Waals surface area contributed by atoms with Crippen molar-refractivity contribution >= 4 is 81.6 Å². The van der Waals surface area contributed by atoms with E-state index < -0.39 is 35.6 Å². The number of ether oxygens (including phenoxy) is 6. The Labute approximate surface area is 649 Å². The molecule has 0 unspecified atom stereocenters. The lowest BCUT2D eigenvalue weighted by Crippen LogP contribution is -2.29. The SMILES string of the molecule is CN1C(=O)c2ccc(Oc3ccc(C(C)(C)c4ccc(Oc5ccc6c(c5)C(=O)N(c5ccc(Oc7ccccc7)cc5)C6=O)cc4)cc3)cc2C1=O.Cc1ccc(N=C2C=CC(=Nc3ccc(N4C(=O)c5ccc(Oc6ccc(C(C)(C)c7ccc(Oc8ccc9c(c8)C(=O)OC9=O)cc7)cc6)cc5C4=O)cc3)C=C2)cc1. The first-order valence-corrected chi connectivity index (χ1v) is 36.1. The number of nitrogens with zero attached hydrogens (tertiary/aromatic N) is 5. The number of allylic oxidation sites excluding steroid dienone is 4. The number of para-hydroxylation sites is 1. The van der Waals surface area contributed by atoms with Gasteiger partial charge in [-0.25, -0.2) is 29.4 Å². The van der Waals surface area contributed by atoms with E-state index >= 15 is 0 Å². The highest BCUT2D eigenvalue weighted by atomic mass is 16.6. The minimum absolute atomic E-state index is 0.185. The van der Waals surface area contributed by atoms with Gasteiger partial charge in [0.15, 0.2) is 0 Å². The second-order valence-corrected chi connectivity index (χ2v) is 28.3. The molecule has 0 spiro atoms. The fourth-order valence-electron chi connectivity index (χ4n) is 13.7. The summed E-state index contributed by atoms with van der Waals surface area (Å²) in [5.74, 6) is 1.69. The highest BCUT2D eigenvalue weighted by Gasteiger charge is 2.40. The van der Waals surface area contributed by atoms with Crippen LogP contribution in [0, 0.1) is 6.92 Å². The molecule has 19 heteroatoms. The average molecular weight is 1490 g/mol. The maximum Gasteiger partial charge on any atom is 0.347 e. The Morgan fingerprint density at radius 3 is 0.947 bits per heavy atom. The van der Waals surface area contributed by atoms with Gasteiger partial charge >= 0.3 is 11.9 Å². The summed E-state index contributed by atoms with van der Waals surface area (Å²) in [4.78, 5) is 115. The van der Waals surface area contributed by atoms with Crippen LogP contribution in [-0.2, 0) is 15.6 Å². The van der Waals surface area contributed by atoms with E-state index in [1.165, 1.54) is 29.6 Å². The summed E-state index contributed by atoms with van der Waals surface area (Å²) in [5.41, 5.74) is 10.9. The summed E-state index contributed by atoms with van der Waals surface area (Å²) in [6, 6.07) is 81.3. The number of carbonyl (C=O) groups excluding carboxylic acids is 8. The van der Waals surface area contributed by atoms with Crippen molar-refractivity contribution in [3.05, 3.63) is 370 Å². The standard InChI is InChI=1S/C50H35N3O7.C44H32N2O7/c1-30-4-10-33(11-5-30)51-34-12-14-35(15-13-34)52-36-16-18-37(19-17-36)53-46(54)42-26-24-40(28-44(42)47(53)55)58-38-20-6-31(7-21-38)50(2,3)32-8-22-39(23-9-32)59-41-25-27-43-45(29-41)49(57)60-48(43)56;1-44(2,27-9-15-31(16-10-27)52-34-21-23-36-38(25-34)41(48)45(3)40(36)47)28-11-17-32(18-12-28)53-35-22-24-37-39(26-35)43(50)46(42(37)49)29-13-19-33(20-14-29)51-30-7-5-4-6-8-30/h4-29H,1-3H3;4-26H,1-3H3. The number of hydrogen-bond acceptors (Lipinski definition) is 16. The number of carbonyl (C=O) groups is 8. The Kier molecular flexibility index (Phi) is 18.9. The lowest BCUT2D eigenvalue weighted by Gasteiger charge is -2.26. The number of imide groups is 3. The van der Waals surface area contributed by atoms with Gasteiger partial charge in [-0.05, 0) is 248 Å². The summed E-state index contributed by atoms with van der Waals surface area (Å²) in [6.45, 7) is 10.5. The molecular weight excluding hydrogens is 1420 g/mol. The van der Waals surface area contributed by atoms with Crippen molar-refractivity contribution in [2.24, 2.45) is 9.98 Å². The third-order valence-corrected chi connectivity index (χ3v) is 20.2. The molecule has 1 aliphatic carbocycles. The Hall–Kier alpha value is -15.0. The average Bonchev–Trinajstić information content (AvgIpc) is 1.71. The van der Waals surface area contributed by atoms with Crippen LogP contribution in [0.3, 0.4) is 0 Å². The molecule has 0 atom stereocenters. The summed E-state index contributed by atoms with van der Waals surface area (Å²) >= 11 is 0. The molecule has 0 bridgehead atoms. The number of benzene rings is 12. The number of esters is 2.